The first-order valence-corrected chi connectivity index (χ1v) is 6.51. The van der Waals surface area contributed by atoms with E-state index in [4.69, 9.17) is 0 Å². The molecule has 2 nitrogen and oxygen atoms in total. The molecule has 0 aromatic heterocycles. The molecule has 0 unspecified atom stereocenters. The summed E-state index contributed by atoms with van der Waals surface area (Å²) in [6.07, 6.45) is 1.76. The number of halogens is 2. The number of carbonyl (C=O) groups excluding carboxylic acids is 1. The molecule has 94 valence electrons. The molecule has 1 heterocycles. The fourth-order valence-electron chi connectivity index (χ4n) is 2.03. The van der Waals surface area contributed by atoms with Gasteiger partial charge in [-0.2, -0.15) is 0 Å². The molecule has 1 aliphatic rings. The summed E-state index contributed by atoms with van der Waals surface area (Å²) in [6, 6.07) is 11.7. The monoisotopic (exact) mass is 317 g/mol. The fraction of sp³-hybridized carbons (Fsp3) is 0. The molecule has 4 heteroatoms. The second-order valence-corrected chi connectivity index (χ2v) is 5.17. The van der Waals surface area contributed by atoms with Crippen LogP contribution in [0.3, 0.4) is 0 Å². The normalized spacial score (nSPS) is 15.5. The zero-order valence-corrected chi connectivity index (χ0v) is 11.4. The molecule has 0 spiro atoms. The number of fused-ring (bicyclic) bond motifs is 1. The lowest BCUT2D eigenvalue weighted by Crippen LogP contribution is -2.03. The quantitative estimate of drug-likeness (QED) is 0.789. The average Bonchev–Trinajstić information content (AvgIpc) is 2.69. The zero-order chi connectivity index (χ0) is 13.4. The van der Waals surface area contributed by atoms with Crippen LogP contribution in [0.1, 0.15) is 11.1 Å². The van der Waals surface area contributed by atoms with Gasteiger partial charge in [-0.05, 0) is 42.0 Å². The van der Waals surface area contributed by atoms with Crippen LogP contribution in [0.25, 0.3) is 11.6 Å². The van der Waals surface area contributed by atoms with E-state index in [1.807, 2.05) is 18.2 Å². The Morgan fingerprint density at radius 2 is 1.84 bits per heavy atom. The van der Waals surface area contributed by atoms with Gasteiger partial charge in [0.25, 0.3) is 5.91 Å². The van der Waals surface area contributed by atoms with Crippen molar-refractivity contribution in [2.24, 2.45) is 0 Å². The molecule has 0 radical (unpaired) electrons. The average molecular weight is 318 g/mol. The van der Waals surface area contributed by atoms with E-state index < -0.39 is 0 Å². The van der Waals surface area contributed by atoms with Gasteiger partial charge in [0.05, 0.1) is 0 Å². The first kappa shape index (κ1) is 12.1. The van der Waals surface area contributed by atoms with Gasteiger partial charge in [-0.3, -0.25) is 4.79 Å². The van der Waals surface area contributed by atoms with E-state index in [1.165, 1.54) is 12.1 Å². The molecule has 3 rings (SSSR count). The van der Waals surface area contributed by atoms with Crippen LogP contribution in [0.2, 0.25) is 0 Å². The second kappa shape index (κ2) is 4.63. The Bertz CT molecular complexity index is 692. The molecule has 2 aromatic carbocycles. The van der Waals surface area contributed by atoms with Crippen molar-refractivity contribution in [3.8, 4) is 0 Å². The summed E-state index contributed by atoms with van der Waals surface area (Å²) in [5.41, 5.74) is 3.02. The lowest BCUT2D eigenvalue weighted by atomic mass is 10.0. The maximum atomic E-state index is 12.9. The van der Waals surface area contributed by atoms with Gasteiger partial charge in [0.1, 0.15) is 5.82 Å². The van der Waals surface area contributed by atoms with Crippen LogP contribution >= 0.6 is 15.9 Å². The van der Waals surface area contributed by atoms with Gasteiger partial charge in [0.15, 0.2) is 0 Å². The lowest BCUT2D eigenvalue weighted by molar-refractivity contribution is -0.110. The Balaban J connectivity index is 2.08. The second-order valence-electron chi connectivity index (χ2n) is 4.25. The van der Waals surface area contributed by atoms with Crippen LogP contribution < -0.4 is 5.32 Å². The van der Waals surface area contributed by atoms with E-state index in [1.54, 1.807) is 18.2 Å². The largest absolute Gasteiger partial charge is 0.321 e. The van der Waals surface area contributed by atoms with Crippen LogP contribution in [-0.2, 0) is 4.79 Å². The van der Waals surface area contributed by atoms with Gasteiger partial charge in [-0.1, -0.05) is 28.1 Å². The van der Waals surface area contributed by atoms with Crippen molar-refractivity contribution in [3.63, 3.8) is 0 Å². The molecule has 2 aromatic rings. The Kier molecular flexibility index (Phi) is 2.95. The number of anilines is 1. The minimum Gasteiger partial charge on any atom is -0.321 e. The van der Waals surface area contributed by atoms with Crippen molar-refractivity contribution in [2.45, 2.75) is 0 Å². The van der Waals surface area contributed by atoms with E-state index >= 15 is 0 Å². The molecule has 0 aliphatic carbocycles. The van der Waals surface area contributed by atoms with E-state index in [9.17, 15) is 9.18 Å². The smallest absolute Gasteiger partial charge is 0.256 e. The number of nitrogens with one attached hydrogen (secondary N) is 1. The number of hydrogen-bond acceptors (Lipinski definition) is 1. The summed E-state index contributed by atoms with van der Waals surface area (Å²) >= 11 is 3.39. The summed E-state index contributed by atoms with van der Waals surface area (Å²) in [6.45, 7) is 0. The molecule has 0 saturated carbocycles. The zero-order valence-electron chi connectivity index (χ0n) is 9.78. The molecule has 0 fully saturated rings. The van der Waals surface area contributed by atoms with Gasteiger partial charge in [-0.25, -0.2) is 4.39 Å². The summed E-state index contributed by atoms with van der Waals surface area (Å²) in [4.78, 5) is 11.9. The number of carbonyl (C=O) groups is 1. The summed E-state index contributed by atoms with van der Waals surface area (Å²) < 4.78 is 13.8. The number of rotatable bonds is 1. The van der Waals surface area contributed by atoms with Crippen molar-refractivity contribution < 1.29 is 9.18 Å². The molecule has 1 N–H and O–H groups in total. The Hall–Kier alpha value is -1.94. The van der Waals surface area contributed by atoms with Crippen LogP contribution in [0.15, 0.2) is 46.9 Å². The topological polar surface area (TPSA) is 29.1 Å². The highest BCUT2D eigenvalue weighted by atomic mass is 79.9. The molecule has 0 saturated heterocycles. The number of benzene rings is 2. The Morgan fingerprint density at radius 1 is 1.11 bits per heavy atom. The molecule has 1 amide bonds. The van der Waals surface area contributed by atoms with Gasteiger partial charge >= 0.3 is 0 Å². The summed E-state index contributed by atoms with van der Waals surface area (Å²) in [5, 5.41) is 2.80. The third-order valence-electron chi connectivity index (χ3n) is 2.95. The minimum atomic E-state index is -0.291. The highest BCUT2D eigenvalue weighted by Gasteiger charge is 2.23. The van der Waals surface area contributed by atoms with Gasteiger partial charge in [0, 0.05) is 21.3 Å². The Labute approximate surface area is 118 Å². The first-order valence-electron chi connectivity index (χ1n) is 5.72. The number of amides is 1. The summed E-state index contributed by atoms with van der Waals surface area (Å²) in [7, 11) is 0. The highest BCUT2D eigenvalue weighted by Crippen LogP contribution is 2.34. The van der Waals surface area contributed by atoms with Gasteiger partial charge < -0.3 is 5.32 Å². The van der Waals surface area contributed by atoms with Crippen molar-refractivity contribution in [1.82, 2.24) is 0 Å². The Morgan fingerprint density at radius 3 is 2.58 bits per heavy atom. The van der Waals surface area contributed by atoms with Crippen LogP contribution in [0.4, 0.5) is 10.1 Å². The predicted octanol–water partition coefficient (Wildman–Crippen LogP) is 4.08. The molecule has 1 aliphatic heterocycles. The van der Waals surface area contributed by atoms with E-state index in [2.05, 4.69) is 21.2 Å². The highest BCUT2D eigenvalue weighted by molar-refractivity contribution is 9.10. The van der Waals surface area contributed by atoms with Crippen molar-refractivity contribution >= 4 is 39.2 Å². The van der Waals surface area contributed by atoms with Crippen LogP contribution in [0, 0.1) is 5.82 Å². The van der Waals surface area contributed by atoms with E-state index in [0.717, 1.165) is 21.3 Å². The fourth-order valence-corrected chi connectivity index (χ4v) is 2.39. The molecular formula is C15H9BrFNO. The molecule has 0 bridgehead atoms. The maximum Gasteiger partial charge on any atom is 0.256 e. The molecular weight excluding hydrogens is 309 g/mol. The van der Waals surface area contributed by atoms with Crippen molar-refractivity contribution in [2.75, 3.05) is 5.32 Å². The van der Waals surface area contributed by atoms with Crippen molar-refractivity contribution in [1.29, 1.82) is 0 Å². The molecule has 0 atom stereocenters. The van der Waals surface area contributed by atoms with E-state index in [-0.39, 0.29) is 11.7 Å². The number of hydrogen-bond donors (Lipinski definition) is 1. The first-order chi connectivity index (χ1) is 9.13. The third kappa shape index (κ3) is 2.31. The predicted molar refractivity (Wildman–Crippen MR) is 77.0 cm³/mol. The lowest BCUT2D eigenvalue weighted by Gasteiger charge is -1.99. The third-order valence-corrected chi connectivity index (χ3v) is 3.44. The molecule has 19 heavy (non-hydrogen) atoms. The minimum absolute atomic E-state index is 0.141. The van der Waals surface area contributed by atoms with Crippen LogP contribution in [0.5, 0.6) is 0 Å². The standard InChI is InChI=1S/C15H9BrFNO/c16-10-3-6-14-12(8-10)13(15(19)18-14)7-9-1-4-11(17)5-2-9/h1-8H,(H,18,19)/b13-7-. The summed E-state index contributed by atoms with van der Waals surface area (Å²) in [5.74, 6) is -0.432. The van der Waals surface area contributed by atoms with E-state index in [0.29, 0.717) is 5.57 Å². The maximum absolute atomic E-state index is 12.9. The van der Waals surface area contributed by atoms with Gasteiger partial charge in [0.2, 0.25) is 0 Å². The van der Waals surface area contributed by atoms with Gasteiger partial charge in [-0.15, -0.1) is 0 Å². The van der Waals surface area contributed by atoms with Crippen LogP contribution in [-0.4, -0.2) is 5.91 Å². The SMILES string of the molecule is O=C1Nc2ccc(Br)cc2/C1=C/c1ccc(F)cc1. The van der Waals surface area contributed by atoms with Crippen molar-refractivity contribution in [3.05, 3.63) is 63.9 Å².